The number of amides is 1. The van der Waals surface area contributed by atoms with Crippen LogP contribution in [0.2, 0.25) is 0 Å². The van der Waals surface area contributed by atoms with Gasteiger partial charge >= 0.3 is 0 Å². The van der Waals surface area contributed by atoms with Gasteiger partial charge in [-0.05, 0) is 30.4 Å². The molecule has 1 aromatic rings. The third-order valence-corrected chi connectivity index (χ3v) is 6.00. The highest BCUT2D eigenvalue weighted by molar-refractivity contribution is 5.86. The second kappa shape index (κ2) is 5.87. The first kappa shape index (κ1) is 15.1. The zero-order valence-corrected chi connectivity index (χ0v) is 13.8. The summed E-state index contributed by atoms with van der Waals surface area (Å²) in [4.78, 5) is 21.8. The minimum absolute atomic E-state index is 0.176. The summed E-state index contributed by atoms with van der Waals surface area (Å²) in [6.07, 6.45) is 5.73. The van der Waals surface area contributed by atoms with E-state index in [2.05, 4.69) is 16.8 Å². The fourth-order valence-corrected chi connectivity index (χ4v) is 4.52. The van der Waals surface area contributed by atoms with E-state index in [1.165, 1.54) is 0 Å². The number of rotatable bonds is 3. The lowest BCUT2D eigenvalue weighted by atomic mass is 9.78. The monoisotopic (exact) mass is 315 g/mol. The van der Waals surface area contributed by atoms with E-state index in [1.807, 2.05) is 23.2 Å². The number of carbonyl (C=O) groups excluding carboxylic acids is 1. The molecule has 0 aliphatic carbocycles. The zero-order valence-electron chi connectivity index (χ0n) is 13.8. The van der Waals surface area contributed by atoms with Crippen molar-refractivity contribution in [3.8, 4) is 0 Å². The van der Waals surface area contributed by atoms with E-state index >= 15 is 0 Å². The smallest absolute Gasteiger partial charge is 0.230 e. The lowest BCUT2D eigenvalue weighted by Crippen LogP contribution is -2.41. The van der Waals surface area contributed by atoms with Crippen molar-refractivity contribution >= 4 is 5.91 Å². The highest BCUT2D eigenvalue weighted by atomic mass is 16.5. The molecule has 0 N–H and O–H groups in total. The molecule has 3 atom stereocenters. The van der Waals surface area contributed by atoms with Gasteiger partial charge in [-0.25, -0.2) is 0 Å². The van der Waals surface area contributed by atoms with E-state index in [-0.39, 0.29) is 5.41 Å². The van der Waals surface area contributed by atoms with Gasteiger partial charge in [0.25, 0.3) is 0 Å². The van der Waals surface area contributed by atoms with Gasteiger partial charge in [-0.15, -0.1) is 0 Å². The molecular formula is C18H25N3O2. The Morgan fingerprint density at radius 1 is 1.48 bits per heavy atom. The predicted molar refractivity (Wildman–Crippen MR) is 86.7 cm³/mol. The number of aromatic nitrogens is 1. The quantitative estimate of drug-likeness (QED) is 0.849. The molecule has 3 aliphatic heterocycles. The molecule has 0 bridgehead atoms. The molecular weight excluding hydrogens is 290 g/mol. The second-order valence-corrected chi connectivity index (χ2v) is 7.34. The molecule has 1 amide bonds. The minimum Gasteiger partial charge on any atom is -0.380 e. The third-order valence-electron chi connectivity index (χ3n) is 6.00. The summed E-state index contributed by atoms with van der Waals surface area (Å²) < 4.78 is 5.54. The van der Waals surface area contributed by atoms with Crippen molar-refractivity contribution in [1.29, 1.82) is 0 Å². The molecule has 23 heavy (non-hydrogen) atoms. The van der Waals surface area contributed by atoms with Gasteiger partial charge in [0.15, 0.2) is 0 Å². The van der Waals surface area contributed by atoms with Gasteiger partial charge in [0.05, 0.1) is 12.0 Å². The molecule has 0 radical (unpaired) electrons. The molecule has 3 aliphatic rings. The molecule has 5 heteroatoms. The van der Waals surface area contributed by atoms with E-state index in [4.69, 9.17) is 4.74 Å². The Morgan fingerprint density at radius 2 is 2.39 bits per heavy atom. The molecule has 3 fully saturated rings. The molecule has 0 aromatic carbocycles. The van der Waals surface area contributed by atoms with E-state index in [0.29, 0.717) is 24.4 Å². The average molecular weight is 315 g/mol. The summed E-state index contributed by atoms with van der Waals surface area (Å²) in [6, 6.07) is 4.49. The number of pyridine rings is 1. The van der Waals surface area contributed by atoms with Crippen LogP contribution in [-0.4, -0.2) is 59.6 Å². The third kappa shape index (κ3) is 2.56. The van der Waals surface area contributed by atoms with Crippen LogP contribution < -0.4 is 0 Å². The molecule has 0 saturated carbocycles. The Morgan fingerprint density at radius 3 is 3.13 bits per heavy atom. The summed E-state index contributed by atoms with van der Waals surface area (Å²) in [6.45, 7) is 7.44. The van der Waals surface area contributed by atoms with Gasteiger partial charge in [-0.1, -0.05) is 13.0 Å². The van der Waals surface area contributed by atoms with Crippen molar-refractivity contribution < 1.29 is 9.53 Å². The Labute approximate surface area is 137 Å². The number of nitrogens with zero attached hydrogens (tertiary/aromatic N) is 3. The Balaban J connectivity index is 1.48. The Bertz CT molecular complexity index is 573. The maximum atomic E-state index is 13.2. The maximum absolute atomic E-state index is 13.2. The summed E-state index contributed by atoms with van der Waals surface area (Å²) in [5.41, 5.74) is 0.940. The van der Waals surface area contributed by atoms with Crippen molar-refractivity contribution in [3.05, 3.63) is 30.1 Å². The molecule has 4 heterocycles. The summed E-state index contributed by atoms with van der Waals surface area (Å²) >= 11 is 0. The molecule has 1 spiro atoms. The number of hydrogen-bond donors (Lipinski definition) is 0. The van der Waals surface area contributed by atoms with Crippen molar-refractivity contribution in [2.45, 2.75) is 32.4 Å². The molecule has 4 rings (SSSR count). The SMILES string of the molecule is C[C@@H]1CN([C@H]2CCOC2)C[C@]12CCN(Cc1cccnc1)C2=O. The van der Waals surface area contributed by atoms with Crippen LogP contribution in [0.5, 0.6) is 0 Å². The minimum atomic E-state index is -0.176. The van der Waals surface area contributed by atoms with Crippen LogP contribution in [0, 0.1) is 11.3 Å². The highest BCUT2D eigenvalue weighted by Gasteiger charge is 2.55. The average Bonchev–Trinajstić information content (AvgIpc) is 3.26. The first-order chi connectivity index (χ1) is 11.2. The normalized spacial score (nSPS) is 34.8. The number of ether oxygens (including phenoxy) is 1. The largest absolute Gasteiger partial charge is 0.380 e. The van der Waals surface area contributed by atoms with Gasteiger partial charge in [0, 0.05) is 51.2 Å². The number of likely N-dealkylation sites (tertiary alicyclic amines) is 2. The van der Waals surface area contributed by atoms with Crippen LogP contribution in [0.4, 0.5) is 0 Å². The van der Waals surface area contributed by atoms with Gasteiger partial charge in [-0.3, -0.25) is 14.7 Å². The maximum Gasteiger partial charge on any atom is 0.230 e. The summed E-state index contributed by atoms with van der Waals surface area (Å²) in [7, 11) is 0. The lowest BCUT2D eigenvalue weighted by Gasteiger charge is -2.28. The van der Waals surface area contributed by atoms with Crippen LogP contribution in [0.15, 0.2) is 24.5 Å². The van der Waals surface area contributed by atoms with Crippen LogP contribution >= 0.6 is 0 Å². The molecule has 124 valence electrons. The lowest BCUT2D eigenvalue weighted by molar-refractivity contribution is -0.137. The van der Waals surface area contributed by atoms with Crippen molar-refractivity contribution in [3.63, 3.8) is 0 Å². The van der Waals surface area contributed by atoms with Crippen molar-refractivity contribution in [2.24, 2.45) is 11.3 Å². The van der Waals surface area contributed by atoms with Gasteiger partial charge in [0.2, 0.25) is 5.91 Å². The molecule has 0 unspecified atom stereocenters. The van der Waals surface area contributed by atoms with Crippen LogP contribution in [0.3, 0.4) is 0 Å². The van der Waals surface area contributed by atoms with E-state index in [1.54, 1.807) is 6.20 Å². The fourth-order valence-electron chi connectivity index (χ4n) is 4.52. The standard InChI is InChI=1S/C18H25N3O2/c1-14-10-21(16-4-8-23-12-16)13-18(14)5-7-20(17(18)22)11-15-3-2-6-19-9-15/h2-3,6,9,14,16H,4-5,7-8,10-13H2,1H3/t14-,16+,18-/m1/s1. The van der Waals surface area contributed by atoms with Crippen LogP contribution in [0.25, 0.3) is 0 Å². The Hall–Kier alpha value is -1.46. The van der Waals surface area contributed by atoms with Gasteiger partial charge in [0.1, 0.15) is 0 Å². The predicted octanol–water partition coefficient (Wildman–Crippen LogP) is 1.54. The molecule has 1 aromatic heterocycles. The van der Waals surface area contributed by atoms with Crippen molar-refractivity contribution in [2.75, 3.05) is 32.8 Å². The van der Waals surface area contributed by atoms with Crippen molar-refractivity contribution in [1.82, 2.24) is 14.8 Å². The number of hydrogen-bond acceptors (Lipinski definition) is 4. The topological polar surface area (TPSA) is 45.7 Å². The highest BCUT2D eigenvalue weighted by Crippen LogP contribution is 2.46. The zero-order chi connectivity index (χ0) is 15.9. The van der Waals surface area contributed by atoms with E-state index in [0.717, 1.165) is 51.3 Å². The molecule has 5 nitrogen and oxygen atoms in total. The van der Waals surface area contributed by atoms with E-state index < -0.39 is 0 Å². The Kier molecular flexibility index (Phi) is 3.85. The van der Waals surface area contributed by atoms with Gasteiger partial charge in [-0.2, -0.15) is 0 Å². The van der Waals surface area contributed by atoms with E-state index in [9.17, 15) is 4.79 Å². The fraction of sp³-hybridized carbons (Fsp3) is 0.667. The second-order valence-electron chi connectivity index (χ2n) is 7.34. The van der Waals surface area contributed by atoms with Crippen LogP contribution in [0.1, 0.15) is 25.3 Å². The van der Waals surface area contributed by atoms with Crippen LogP contribution in [-0.2, 0) is 16.1 Å². The van der Waals surface area contributed by atoms with Gasteiger partial charge < -0.3 is 9.64 Å². The first-order valence-electron chi connectivity index (χ1n) is 8.69. The first-order valence-corrected chi connectivity index (χ1v) is 8.69. The number of carbonyl (C=O) groups is 1. The summed E-state index contributed by atoms with van der Waals surface area (Å²) in [5.74, 6) is 0.768. The molecule has 3 saturated heterocycles. The summed E-state index contributed by atoms with van der Waals surface area (Å²) in [5, 5.41) is 0.